The predicted octanol–water partition coefficient (Wildman–Crippen LogP) is 3.75. The number of benzene rings is 2. The average Bonchev–Trinajstić information content (AvgIpc) is 3.17. The Hall–Kier alpha value is -2.70. The van der Waals surface area contributed by atoms with Crippen molar-refractivity contribution >= 4 is 24.7 Å². The van der Waals surface area contributed by atoms with Crippen LogP contribution in [0.3, 0.4) is 0 Å². The summed E-state index contributed by atoms with van der Waals surface area (Å²) in [6.07, 6.45) is -0.341. The van der Waals surface area contributed by atoms with E-state index in [1.807, 2.05) is 43.3 Å². The summed E-state index contributed by atoms with van der Waals surface area (Å²) >= 11 is 0. The zero-order chi connectivity index (χ0) is 20.4. The highest BCUT2D eigenvalue weighted by Crippen LogP contribution is 2.39. The maximum atomic E-state index is 11.2. The predicted molar refractivity (Wildman–Crippen MR) is 113 cm³/mol. The van der Waals surface area contributed by atoms with Crippen molar-refractivity contribution in [1.82, 2.24) is 10.2 Å². The van der Waals surface area contributed by atoms with E-state index < -0.39 is 14.3 Å². The molecular weight excluding hydrogens is 368 g/mol. The van der Waals surface area contributed by atoms with Crippen molar-refractivity contribution in [1.29, 1.82) is 0 Å². The molecule has 146 valence electrons. The monoisotopic (exact) mass is 394 g/mol. The van der Waals surface area contributed by atoms with Crippen LogP contribution in [0, 0.1) is 0 Å². The molecule has 1 unspecified atom stereocenters. The molecule has 28 heavy (non-hydrogen) atoms. The van der Waals surface area contributed by atoms with E-state index in [2.05, 4.69) is 55.2 Å². The van der Waals surface area contributed by atoms with Crippen LogP contribution in [-0.4, -0.2) is 29.6 Å². The minimum absolute atomic E-state index is 0.00658. The van der Waals surface area contributed by atoms with Gasteiger partial charge in [0, 0.05) is 0 Å². The van der Waals surface area contributed by atoms with E-state index in [1.165, 1.54) is 10.4 Å². The first-order chi connectivity index (χ1) is 13.3. The smallest absolute Gasteiger partial charge is 0.356 e. The number of H-pyrrole nitrogens is 1. The molecule has 1 aromatic heterocycles. The molecule has 0 saturated carbocycles. The molecule has 0 aliphatic carbocycles. The summed E-state index contributed by atoms with van der Waals surface area (Å²) in [6.45, 7) is 8.57. The molecule has 0 spiro atoms. The van der Waals surface area contributed by atoms with E-state index in [1.54, 1.807) is 6.07 Å². The Morgan fingerprint density at radius 1 is 1.04 bits per heavy atom. The number of rotatable bonds is 6. The summed E-state index contributed by atoms with van der Waals surface area (Å²) in [4.78, 5) is 11.2. The Kier molecular flexibility index (Phi) is 5.53. The Bertz CT molecular complexity index is 894. The second-order valence-electron chi connectivity index (χ2n) is 7.94. The zero-order valence-corrected chi connectivity index (χ0v) is 17.6. The number of hydrogen-bond donors (Lipinski definition) is 2. The van der Waals surface area contributed by atoms with E-state index >= 15 is 0 Å². The molecule has 0 fully saturated rings. The SMILES string of the molecule is CC(O[Si](c1ccccc1)(c1ccccc1)C(C)(C)C)c1cc(C(=O)O)n[nH]1. The van der Waals surface area contributed by atoms with Crippen molar-refractivity contribution in [3.8, 4) is 0 Å². The zero-order valence-electron chi connectivity index (χ0n) is 16.6. The van der Waals surface area contributed by atoms with E-state index in [0.29, 0.717) is 5.69 Å². The molecule has 1 atom stereocenters. The molecule has 0 saturated heterocycles. The molecule has 0 bridgehead atoms. The first-order valence-electron chi connectivity index (χ1n) is 9.33. The van der Waals surface area contributed by atoms with Gasteiger partial charge in [-0.05, 0) is 28.4 Å². The third-order valence-corrected chi connectivity index (χ3v) is 10.1. The lowest BCUT2D eigenvalue weighted by Crippen LogP contribution is -2.66. The van der Waals surface area contributed by atoms with Crippen molar-refractivity contribution < 1.29 is 14.3 Å². The van der Waals surface area contributed by atoms with Gasteiger partial charge in [0.15, 0.2) is 5.69 Å². The van der Waals surface area contributed by atoms with Gasteiger partial charge in [0.1, 0.15) is 0 Å². The standard InChI is InChI=1S/C22H26N2O3Si/c1-16(19-15-20(21(25)26)24-23-19)27-28(22(2,3)4,17-11-7-5-8-12-17)18-13-9-6-10-14-18/h5-16H,1-4H3,(H,23,24)(H,25,26). The third kappa shape index (κ3) is 3.65. The summed E-state index contributed by atoms with van der Waals surface area (Å²) in [5.74, 6) is -1.06. The number of hydrogen-bond acceptors (Lipinski definition) is 3. The fourth-order valence-electron chi connectivity index (χ4n) is 3.67. The number of aromatic carboxylic acids is 1. The number of carbonyl (C=O) groups is 1. The van der Waals surface area contributed by atoms with Crippen molar-refractivity contribution in [3.05, 3.63) is 78.1 Å². The highest BCUT2D eigenvalue weighted by molar-refractivity contribution is 6.99. The number of nitrogens with one attached hydrogen (secondary N) is 1. The summed E-state index contributed by atoms with van der Waals surface area (Å²) in [5.41, 5.74) is 0.651. The number of carboxylic acids is 1. The number of aromatic nitrogens is 2. The number of carboxylic acid groups (broad SMARTS) is 1. The van der Waals surface area contributed by atoms with E-state index in [0.717, 1.165) is 0 Å². The van der Waals surface area contributed by atoms with Crippen molar-refractivity contribution in [2.45, 2.75) is 38.8 Å². The fraction of sp³-hybridized carbons (Fsp3) is 0.273. The van der Waals surface area contributed by atoms with Gasteiger partial charge < -0.3 is 9.53 Å². The van der Waals surface area contributed by atoms with Gasteiger partial charge in [-0.3, -0.25) is 5.10 Å². The highest BCUT2D eigenvalue weighted by atomic mass is 28.4. The molecule has 3 aromatic rings. The lowest BCUT2D eigenvalue weighted by molar-refractivity contribution is 0.0690. The van der Waals surface area contributed by atoms with E-state index in [-0.39, 0.29) is 16.8 Å². The normalized spacial score (nSPS) is 13.3. The minimum Gasteiger partial charge on any atom is -0.476 e. The van der Waals surface area contributed by atoms with E-state index in [4.69, 9.17) is 4.43 Å². The summed E-state index contributed by atoms with van der Waals surface area (Å²) in [7, 11) is -2.71. The van der Waals surface area contributed by atoms with Crippen LogP contribution in [0.25, 0.3) is 0 Å². The van der Waals surface area contributed by atoms with Crippen LogP contribution in [0.5, 0.6) is 0 Å². The summed E-state index contributed by atoms with van der Waals surface area (Å²) in [5, 5.41) is 18.1. The van der Waals surface area contributed by atoms with Crippen LogP contribution in [-0.2, 0) is 4.43 Å². The fourth-order valence-corrected chi connectivity index (χ4v) is 8.35. The number of aromatic amines is 1. The van der Waals surface area contributed by atoms with Gasteiger partial charge in [-0.15, -0.1) is 0 Å². The van der Waals surface area contributed by atoms with Gasteiger partial charge in [0.2, 0.25) is 0 Å². The molecule has 0 aliphatic heterocycles. The summed E-state index contributed by atoms with van der Waals surface area (Å²) in [6, 6.07) is 22.2. The average molecular weight is 395 g/mol. The Balaban J connectivity index is 2.14. The van der Waals surface area contributed by atoms with Gasteiger partial charge >= 0.3 is 5.97 Å². The first kappa shape index (κ1) is 20.0. The third-order valence-electron chi connectivity index (χ3n) is 5.03. The summed E-state index contributed by atoms with van der Waals surface area (Å²) < 4.78 is 6.93. The number of nitrogens with zero attached hydrogens (tertiary/aromatic N) is 1. The van der Waals surface area contributed by atoms with Crippen LogP contribution < -0.4 is 10.4 Å². The van der Waals surface area contributed by atoms with Crippen LogP contribution in [0.2, 0.25) is 5.04 Å². The Labute approximate surface area is 166 Å². The van der Waals surface area contributed by atoms with Crippen molar-refractivity contribution in [2.24, 2.45) is 0 Å². The van der Waals surface area contributed by atoms with Crippen molar-refractivity contribution in [2.75, 3.05) is 0 Å². The molecular formula is C22H26N2O3Si. The molecule has 0 amide bonds. The van der Waals surface area contributed by atoms with Gasteiger partial charge in [-0.2, -0.15) is 5.10 Å². The highest BCUT2D eigenvalue weighted by Gasteiger charge is 2.51. The molecule has 3 rings (SSSR count). The molecule has 2 N–H and O–H groups in total. The van der Waals surface area contributed by atoms with E-state index in [9.17, 15) is 9.90 Å². The second kappa shape index (κ2) is 7.73. The maximum Gasteiger partial charge on any atom is 0.356 e. The van der Waals surface area contributed by atoms with Gasteiger partial charge in [-0.1, -0.05) is 81.4 Å². The van der Waals surface area contributed by atoms with Crippen LogP contribution in [0.4, 0.5) is 0 Å². The van der Waals surface area contributed by atoms with Crippen LogP contribution in [0.15, 0.2) is 66.7 Å². The quantitative estimate of drug-likeness (QED) is 0.625. The topological polar surface area (TPSA) is 75.2 Å². The molecule has 0 aliphatic rings. The van der Waals surface area contributed by atoms with Gasteiger partial charge in [0.05, 0.1) is 11.8 Å². The largest absolute Gasteiger partial charge is 0.476 e. The lowest BCUT2D eigenvalue weighted by Gasteiger charge is -2.44. The molecule has 2 aromatic carbocycles. The minimum atomic E-state index is -2.71. The first-order valence-corrected chi connectivity index (χ1v) is 11.2. The van der Waals surface area contributed by atoms with Gasteiger partial charge in [0.25, 0.3) is 8.32 Å². The maximum absolute atomic E-state index is 11.2. The Morgan fingerprint density at radius 3 is 1.93 bits per heavy atom. The lowest BCUT2D eigenvalue weighted by atomic mass is 10.2. The van der Waals surface area contributed by atoms with Crippen LogP contribution in [0.1, 0.15) is 50.0 Å². The second-order valence-corrected chi connectivity index (χ2v) is 12.2. The van der Waals surface area contributed by atoms with Gasteiger partial charge in [-0.25, -0.2) is 4.79 Å². The molecule has 1 heterocycles. The molecule has 6 heteroatoms. The van der Waals surface area contributed by atoms with Crippen LogP contribution >= 0.6 is 0 Å². The van der Waals surface area contributed by atoms with Crippen molar-refractivity contribution in [3.63, 3.8) is 0 Å². The molecule has 5 nitrogen and oxygen atoms in total. The Morgan fingerprint density at radius 2 is 1.54 bits per heavy atom. The molecule has 0 radical (unpaired) electrons.